The number of hydrogen-bond acceptors (Lipinski definition) is 4. The second-order valence-electron chi connectivity index (χ2n) is 4.19. The van der Waals surface area contributed by atoms with Crippen LogP contribution in [-0.2, 0) is 6.54 Å². The Hall–Kier alpha value is -2.13. The van der Waals surface area contributed by atoms with Gasteiger partial charge in [-0.25, -0.2) is 4.98 Å². The van der Waals surface area contributed by atoms with Crippen molar-refractivity contribution in [3.05, 3.63) is 56.2 Å². The molecule has 0 spiro atoms. The van der Waals surface area contributed by atoms with Gasteiger partial charge in [-0.3, -0.25) is 9.36 Å². The maximum Gasteiger partial charge on any atom is 0.268 e. The quantitative estimate of drug-likeness (QED) is 0.863. The summed E-state index contributed by atoms with van der Waals surface area (Å²) in [6.07, 6.45) is 1.49. The highest BCUT2D eigenvalue weighted by Gasteiger charge is 2.08. The van der Waals surface area contributed by atoms with Crippen molar-refractivity contribution in [1.82, 2.24) is 9.55 Å². The molecule has 5 nitrogen and oxygen atoms in total. The topological polar surface area (TPSA) is 67.9 Å². The zero-order valence-electron chi connectivity index (χ0n) is 11.1. The monoisotopic (exact) mass is 333 g/mol. The molecule has 102 valence electrons. The second-order valence-corrected chi connectivity index (χ2v) is 5.05. The Morgan fingerprint density at radius 1 is 1.50 bits per heavy atom. The Bertz CT molecular complexity index is 747. The number of nitrogens with zero attached hydrogens (tertiary/aromatic N) is 3. The number of ether oxygens (including phenoxy) is 1. The SMILES string of the molecule is COc1cc(Cn2c(C)ncc(Br)c2=O)ccc1C#N. The number of hydrogen-bond donors (Lipinski definition) is 0. The lowest BCUT2D eigenvalue weighted by molar-refractivity contribution is 0.412. The fourth-order valence-corrected chi connectivity index (χ4v) is 2.16. The first-order valence-electron chi connectivity index (χ1n) is 5.85. The Kier molecular flexibility index (Phi) is 4.20. The van der Waals surface area contributed by atoms with Crippen molar-refractivity contribution in [2.45, 2.75) is 13.5 Å². The number of halogens is 1. The third-order valence-corrected chi connectivity index (χ3v) is 3.48. The van der Waals surface area contributed by atoms with Gasteiger partial charge in [0.2, 0.25) is 0 Å². The molecule has 0 fully saturated rings. The average Bonchev–Trinajstić information content (AvgIpc) is 2.47. The van der Waals surface area contributed by atoms with Crippen LogP contribution in [0.25, 0.3) is 0 Å². The number of aryl methyl sites for hydroxylation is 1. The summed E-state index contributed by atoms with van der Waals surface area (Å²) in [6.45, 7) is 2.15. The number of nitriles is 1. The van der Waals surface area contributed by atoms with Crippen LogP contribution in [0.4, 0.5) is 0 Å². The Morgan fingerprint density at radius 2 is 2.25 bits per heavy atom. The highest BCUT2D eigenvalue weighted by molar-refractivity contribution is 9.10. The van der Waals surface area contributed by atoms with E-state index in [0.717, 1.165) is 5.56 Å². The van der Waals surface area contributed by atoms with Crippen molar-refractivity contribution in [3.8, 4) is 11.8 Å². The summed E-state index contributed by atoms with van der Waals surface area (Å²) in [5.41, 5.74) is 1.19. The van der Waals surface area contributed by atoms with Gasteiger partial charge >= 0.3 is 0 Å². The average molecular weight is 334 g/mol. The summed E-state index contributed by atoms with van der Waals surface area (Å²) in [6, 6.07) is 7.29. The summed E-state index contributed by atoms with van der Waals surface area (Å²) in [4.78, 5) is 16.2. The molecule has 0 aliphatic rings. The molecule has 1 aromatic heterocycles. The minimum atomic E-state index is -0.138. The van der Waals surface area contributed by atoms with Crippen LogP contribution in [0.1, 0.15) is 17.0 Å². The summed E-state index contributed by atoms with van der Waals surface area (Å²) in [7, 11) is 1.51. The summed E-state index contributed by atoms with van der Waals surface area (Å²) in [5.74, 6) is 1.13. The van der Waals surface area contributed by atoms with Gasteiger partial charge in [0.1, 0.15) is 22.1 Å². The normalized spacial score (nSPS) is 10.1. The van der Waals surface area contributed by atoms with Gasteiger partial charge in [0.15, 0.2) is 0 Å². The van der Waals surface area contributed by atoms with Crippen molar-refractivity contribution in [2.75, 3.05) is 7.11 Å². The molecular weight excluding hydrogens is 322 g/mol. The van der Waals surface area contributed by atoms with Gasteiger partial charge in [-0.05, 0) is 40.5 Å². The molecule has 1 heterocycles. The van der Waals surface area contributed by atoms with Crippen LogP contribution < -0.4 is 10.3 Å². The van der Waals surface area contributed by atoms with Crippen LogP contribution in [0.3, 0.4) is 0 Å². The maximum atomic E-state index is 12.1. The number of aromatic nitrogens is 2. The van der Waals surface area contributed by atoms with Gasteiger partial charge in [0.05, 0.1) is 19.2 Å². The molecule has 0 aliphatic heterocycles. The predicted molar refractivity (Wildman–Crippen MR) is 77.7 cm³/mol. The van der Waals surface area contributed by atoms with Crippen molar-refractivity contribution in [2.24, 2.45) is 0 Å². The maximum absolute atomic E-state index is 12.1. The van der Waals surface area contributed by atoms with Gasteiger partial charge in [-0.15, -0.1) is 0 Å². The molecule has 2 rings (SSSR count). The third kappa shape index (κ3) is 2.73. The first-order valence-corrected chi connectivity index (χ1v) is 6.65. The summed E-state index contributed by atoms with van der Waals surface area (Å²) < 4.78 is 7.14. The van der Waals surface area contributed by atoms with Crippen molar-refractivity contribution in [3.63, 3.8) is 0 Å². The highest BCUT2D eigenvalue weighted by Crippen LogP contribution is 2.19. The van der Waals surface area contributed by atoms with E-state index >= 15 is 0 Å². The summed E-state index contributed by atoms with van der Waals surface area (Å²) in [5, 5.41) is 8.95. The molecule has 2 aromatic rings. The van der Waals surface area contributed by atoms with Crippen LogP contribution in [-0.4, -0.2) is 16.7 Å². The third-order valence-electron chi connectivity index (χ3n) is 2.93. The van der Waals surface area contributed by atoms with E-state index in [-0.39, 0.29) is 5.56 Å². The number of rotatable bonds is 3. The molecule has 0 radical (unpaired) electrons. The van der Waals surface area contributed by atoms with E-state index in [4.69, 9.17) is 10.00 Å². The van der Waals surface area contributed by atoms with Crippen molar-refractivity contribution in [1.29, 1.82) is 5.26 Å². The second kappa shape index (κ2) is 5.88. The molecule has 0 atom stereocenters. The van der Waals surface area contributed by atoms with E-state index in [1.807, 2.05) is 0 Å². The molecule has 0 saturated heterocycles. The van der Waals surface area contributed by atoms with Crippen LogP contribution in [0.5, 0.6) is 5.75 Å². The largest absolute Gasteiger partial charge is 0.495 e. The lowest BCUT2D eigenvalue weighted by Gasteiger charge is -2.11. The Morgan fingerprint density at radius 3 is 2.90 bits per heavy atom. The molecular formula is C14H12BrN3O2. The fraction of sp³-hybridized carbons (Fsp3) is 0.214. The van der Waals surface area contributed by atoms with E-state index < -0.39 is 0 Å². The lowest BCUT2D eigenvalue weighted by atomic mass is 10.1. The van der Waals surface area contributed by atoms with Gasteiger partial charge < -0.3 is 4.74 Å². The minimum absolute atomic E-state index is 0.138. The molecule has 0 unspecified atom stereocenters. The van der Waals surface area contributed by atoms with Crippen molar-refractivity contribution >= 4 is 15.9 Å². The fourth-order valence-electron chi connectivity index (χ4n) is 1.85. The molecule has 0 N–H and O–H groups in total. The number of methoxy groups -OCH3 is 1. The molecule has 6 heteroatoms. The minimum Gasteiger partial charge on any atom is -0.495 e. The van der Waals surface area contributed by atoms with E-state index in [0.29, 0.717) is 28.2 Å². The van der Waals surface area contributed by atoms with Gasteiger partial charge in [-0.1, -0.05) is 6.07 Å². The van der Waals surface area contributed by atoms with Crippen LogP contribution in [0, 0.1) is 18.3 Å². The molecule has 0 aliphatic carbocycles. The molecule has 20 heavy (non-hydrogen) atoms. The van der Waals surface area contributed by atoms with Crippen LogP contribution in [0.15, 0.2) is 33.7 Å². The predicted octanol–water partition coefficient (Wildman–Crippen LogP) is 2.24. The van der Waals surface area contributed by atoms with Gasteiger partial charge in [0, 0.05) is 6.20 Å². The Labute approximate surface area is 124 Å². The van der Waals surface area contributed by atoms with Crippen molar-refractivity contribution < 1.29 is 4.74 Å². The van der Waals surface area contributed by atoms with E-state index in [1.165, 1.54) is 13.3 Å². The van der Waals surface area contributed by atoms with Gasteiger partial charge in [0.25, 0.3) is 5.56 Å². The van der Waals surface area contributed by atoms with E-state index in [2.05, 4.69) is 27.0 Å². The molecule has 0 amide bonds. The summed E-state index contributed by atoms with van der Waals surface area (Å²) >= 11 is 3.18. The van der Waals surface area contributed by atoms with Gasteiger partial charge in [-0.2, -0.15) is 5.26 Å². The van der Waals surface area contributed by atoms with Crippen LogP contribution in [0.2, 0.25) is 0 Å². The molecule has 1 aromatic carbocycles. The lowest BCUT2D eigenvalue weighted by Crippen LogP contribution is -2.24. The highest BCUT2D eigenvalue weighted by atomic mass is 79.9. The zero-order chi connectivity index (χ0) is 14.7. The zero-order valence-corrected chi connectivity index (χ0v) is 12.6. The Balaban J connectivity index is 2.44. The smallest absolute Gasteiger partial charge is 0.268 e. The standard InChI is InChI=1S/C14H12BrN3O2/c1-9-17-7-12(15)14(19)18(9)8-10-3-4-11(6-16)13(5-10)20-2/h3-5,7H,8H2,1-2H3. The van der Waals surface area contributed by atoms with E-state index in [9.17, 15) is 4.79 Å². The van der Waals surface area contributed by atoms with E-state index in [1.54, 1.807) is 29.7 Å². The number of benzene rings is 1. The molecule has 0 bridgehead atoms. The van der Waals surface area contributed by atoms with Crippen LogP contribution >= 0.6 is 15.9 Å². The first-order chi connectivity index (χ1) is 9.56. The first kappa shape index (κ1) is 14.3. The molecule has 0 saturated carbocycles.